The van der Waals surface area contributed by atoms with Gasteiger partial charge < -0.3 is 14.6 Å². The fraction of sp³-hybridized carbons (Fsp3) is 0.500. The molecule has 1 fully saturated rings. The second kappa shape index (κ2) is 5.54. The highest BCUT2D eigenvalue weighted by atomic mass is 35.5. The monoisotopic (exact) mass is 270 g/mol. The molecule has 0 aliphatic carbocycles. The Bertz CT molecular complexity index is 507. The van der Waals surface area contributed by atoms with Crippen LogP contribution in [0.1, 0.15) is 25.8 Å². The summed E-state index contributed by atoms with van der Waals surface area (Å²) in [6.45, 7) is 2.58. The minimum absolute atomic E-state index is 0.0162. The van der Waals surface area contributed by atoms with E-state index >= 15 is 0 Å². The van der Waals surface area contributed by atoms with Gasteiger partial charge in [0.1, 0.15) is 5.69 Å². The maximum Gasteiger partial charge on any atom is 0.274 e. The van der Waals surface area contributed by atoms with Crippen molar-refractivity contribution in [2.75, 3.05) is 18.5 Å². The highest BCUT2D eigenvalue weighted by Gasteiger charge is 2.19. The molecular formula is C12H15ClN2O3. The summed E-state index contributed by atoms with van der Waals surface area (Å²) in [4.78, 5) is 23.2. The van der Waals surface area contributed by atoms with E-state index in [1.165, 1.54) is 13.0 Å². The number of nitrogens with zero attached hydrogens (tertiary/aromatic N) is 1. The summed E-state index contributed by atoms with van der Waals surface area (Å²) >= 11 is 5.97. The summed E-state index contributed by atoms with van der Waals surface area (Å²) in [5.41, 5.74) is -0.0364. The largest absolute Gasteiger partial charge is 0.379 e. The molecule has 1 aliphatic rings. The van der Waals surface area contributed by atoms with Crippen molar-refractivity contribution in [2.24, 2.45) is 0 Å². The quantitative estimate of drug-likeness (QED) is 0.892. The summed E-state index contributed by atoms with van der Waals surface area (Å²) < 4.78 is 6.91. The van der Waals surface area contributed by atoms with Crippen molar-refractivity contribution in [3.05, 3.63) is 27.6 Å². The summed E-state index contributed by atoms with van der Waals surface area (Å²) in [6, 6.07) is 1.45. The minimum atomic E-state index is -0.291. The normalized spacial score (nSPS) is 19.6. The molecule has 1 aliphatic heterocycles. The van der Waals surface area contributed by atoms with Crippen LogP contribution < -0.4 is 10.9 Å². The smallest absolute Gasteiger partial charge is 0.274 e. The lowest BCUT2D eigenvalue weighted by molar-refractivity contribution is -0.114. The predicted octanol–water partition coefficient (Wildman–Crippen LogP) is 1.81. The van der Waals surface area contributed by atoms with Crippen LogP contribution in [-0.2, 0) is 9.53 Å². The molecule has 1 aromatic rings. The van der Waals surface area contributed by atoms with Gasteiger partial charge in [-0.3, -0.25) is 9.59 Å². The molecular weight excluding hydrogens is 256 g/mol. The molecule has 2 heterocycles. The van der Waals surface area contributed by atoms with Crippen LogP contribution in [0.15, 0.2) is 17.1 Å². The number of rotatable bonds is 2. The molecule has 5 nitrogen and oxygen atoms in total. The third-order valence-corrected chi connectivity index (χ3v) is 3.06. The SMILES string of the molecule is CC(=O)Nc1cc(Cl)cn(C2CCCOC2)c1=O. The maximum absolute atomic E-state index is 12.2. The van der Waals surface area contributed by atoms with Crippen molar-refractivity contribution in [1.82, 2.24) is 4.57 Å². The van der Waals surface area contributed by atoms with Crippen molar-refractivity contribution >= 4 is 23.2 Å². The van der Waals surface area contributed by atoms with E-state index in [0.29, 0.717) is 11.6 Å². The van der Waals surface area contributed by atoms with Gasteiger partial charge in [0.15, 0.2) is 0 Å². The first kappa shape index (κ1) is 13.1. The number of anilines is 1. The van der Waals surface area contributed by atoms with Gasteiger partial charge in [-0.15, -0.1) is 0 Å². The molecule has 0 aromatic carbocycles. The lowest BCUT2D eigenvalue weighted by atomic mass is 10.1. The van der Waals surface area contributed by atoms with Crippen LogP contribution in [0.4, 0.5) is 5.69 Å². The summed E-state index contributed by atoms with van der Waals surface area (Å²) in [7, 11) is 0. The van der Waals surface area contributed by atoms with E-state index in [2.05, 4.69) is 5.32 Å². The Hall–Kier alpha value is -1.33. The molecule has 18 heavy (non-hydrogen) atoms. The standard InChI is InChI=1S/C12H15ClN2O3/c1-8(16)14-11-5-9(13)6-15(12(11)17)10-3-2-4-18-7-10/h5-6,10H,2-4,7H2,1H3,(H,14,16). The van der Waals surface area contributed by atoms with Crippen LogP contribution in [0.25, 0.3) is 0 Å². The number of halogens is 1. The molecule has 0 saturated carbocycles. The van der Waals surface area contributed by atoms with E-state index < -0.39 is 0 Å². The van der Waals surface area contributed by atoms with Gasteiger partial charge in [-0.2, -0.15) is 0 Å². The fourth-order valence-corrected chi connectivity index (χ4v) is 2.28. The average Bonchev–Trinajstić information content (AvgIpc) is 2.34. The van der Waals surface area contributed by atoms with Gasteiger partial charge in [-0.1, -0.05) is 11.6 Å². The van der Waals surface area contributed by atoms with Gasteiger partial charge in [0, 0.05) is 19.7 Å². The van der Waals surface area contributed by atoms with Crippen LogP contribution in [0, 0.1) is 0 Å². The third-order valence-electron chi connectivity index (χ3n) is 2.85. The molecule has 1 N–H and O–H groups in total. The summed E-state index contributed by atoms with van der Waals surface area (Å²) in [5.74, 6) is -0.291. The van der Waals surface area contributed by atoms with Crippen molar-refractivity contribution in [3.8, 4) is 0 Å². The molecule has 0 radical (unpaired) electrons. The highest BCUT2D eigenvalue weighted by Crippen LogP contribution is 2.20. The molecule has 1 amide bonds. The zero-order valence-corrected chi connectivity index (χ0v) is 10.9. The van der Waals surface area contributed by atoms with Crippen molar-refractivity contribution in [1.29, 1.82) is 0 Å². The number of pyridine rings is 1. The van der Waals surface area contributed by atoms with E-state index in [-0.39, 0.29) is 23.2 Å². The van der Waals surface area contributed by atoms with Crippen LogP contribution >= 0.6 is 11.6 Å². The molecule has 1 atom stereocenters. The van der Waals surface area contributed by atoms with Gasteiger partial charge in [0.2, 0.25) is 5.91 Å². The maximum atomic E-state index is 12.2. The van der Waals surface area contributed by atoms with Crippen molar-refractivity contribution in [2.45, 2.75) is 25.8 Å². The Balaban J connectivity index is 2.37. The van der Waals surface area contributed by atoms with Gasteiger partial charge in [-0.05, 0) is 18.9 Å². The molecule has 0 spiro atoms. The Labute approximate surface area is 110 Å². The van der Waals surface area contributed by atoms with Crippen LogP contribution in [0.3, 0.4) is 0 Å². The van der Waals surface area contributed by atoms with Gasteiger partial charge in [0.25, 0.3) is 5.56 Å². The van der Waals surface area contributed by atoms with Gasteiger partial charge >= 0.3 is 0 Å². The number of amides is 1. The van der Waals surface area contributed by atoms with E-state index in [1.54, 1.807) is 10.8 Å². The molecule has 0 bridgehead atoms. The summed E-state index contributed by atoms with van der Waals surface area (Å²) in [6.07, 6.45) is 3.38. The molecule has 1 saturated heterocycles. The first-order valence-corrected chi connectivity index (χ1v) is 6.23. The first-order valence-electron chi connectivity index (χ1n) is 5.85. The topological polar surface area (TPSA) is 60.3 Å². The number of hydrogen-bond acceptors (Lipinski definition) is 3. The minimum Gasteiger partial charge on any atom is -0.379 e. The van der Waals surface area contributed by atoms with Crippen LogP contribution in [0.5, 0.6) is 0 Å². The number of aromatic nitrogens is 1. The Kier molecular flexibility index (Phi) is 4.04. The van der Waals surface area contributed by atoms with E-state index in [0.717, 1.165) is 19.4 Å². The zero-order valence-electron chi connectivity index (χ0n) is 10.1. The Morgan fingerprint density at radius 1 is 1.61 bits per heavy atom. The lowest BCUT2D eigenvalue weighted by Gasteiger charge is -2.24. The Morgan fingerprint density at radius 2 is 2.39 bits per heavy atom. The second-order valence-corrected chi connectivity index (χ2v) is 4.77. The van der Waals surface area contributed by atoms with E-state index in [4.69, 9.17) is 16.3 Å². The van der Waals surface area contributed by atoms with Gasteiger partial charge in [-0.25, -0.2) is 0 Å². The molecule has 1 aromatic heterocycles. The fourth-order valence-electron chi connectivity index (χ4n) is 2.06. The highest BCUT2D eigenvalue weighted by molar-refractivity contribution is 6.30. The number of hydrogen-bond donors (Lipinski definition) is 1. The van der Waals surface area contributed by atoms with Crippen LogP contribution in [-0.4, -0.2) is 23.7 Å². The number of nitrogens with one attached hydrogen (secondary N) is 1. The first-order chi connectivity index (χ1) is 8.58. The third kappa shape index (κ3) is 2.91. The zero-order chi connectivity index (χ0) is 13.1. The van der Waals surface area contributed by atoms with Gasteiger partial charge in [0.05, 0.1) is 17.7 Å². The second-order valence-electron chi connectivity index (χ2n) is 4.34. The van der Waals surface area contributed by atoms with Crippen molar-refractivity contribution in [3.63, 3.8) is 0 Å². The van der Waals surface area contributed by atoms with E-state index in [9.17, 15) is 9.59 Å². The summed E-state index contributed by atoms with van der Waals surface area (Å²) in [5, 5.41) is 2.92. The molecule has 6 heteroatoms. The average molecular weight is 271 g/mol. The molecule has 98 valence electrons. The lowest BCUT2D eigenvalue weighted by Crippen LogP contribution is -2.32. The van der Waals surface area contributed by atoms with Crippen LogP contribution in [0.2, 0.25) is 5.02 Å². The Morgan fingerprint density at radius 3 is 3.00 bits per heavy atom. The van der Waals surface area contributed by atoms with Crippen molar-refractivity contribution < 1.29 is 9.53 Å². The molecule has 1 unspecified atom stereocenters. The number of carbonyl (C=O) groups is 1. The predicted molar refractivity (Wildman–Crippen MR) is 69.1 cm³/mol. The van der Waals surface area contributed by atoms with E-state index in [1.807, 2.05) is 0 Å². The number of ether oxygens (including phenoxy) is 1. The molecule has 2 rings (SSSR count). The number of carbonyl (C=O) groups excluding carboxylic acids is 1.